The topological polar surface area (TPSA) is 31.4 Å². The summed E-state index contributed by atoms with van der Waals surface area (Å²) in [6, 6.07) is 8.85. The van der Waals surface area contributed by atoms with Crippen molar-refractivity contribution in [3.05, 3.63) is 53.1 Å². The zero-order chi connectivity index (χ0) is 13.0. The molecule has 0 amide bonds. The van der Waals surface area contributed by atoms with Crippen LogP contribution in [0.25, 0.3) is 0 Å². The fourth-order valence-electron chi connectivity index (χ4n) is 1.37. The standard InChI is InChI=1S/C13H11ClFNO2/c1-17-10-4-2-9(3-5-10)8-18-11-6-12(14)13(15)16-7-11/h2-7H,8H2,1H3. The summed E-state index contributed by atoms with van der Waals surface area (Å²) in [5.41, 5.74) is 0.969. The maximum atomic E-state index is 12.8. The second-order valence-corrected chi connectivity index (χ2v) is 3.99. The number of methoxy groups -OCH3 is 1. The van der Waals surface area contributed by atoms with E-state index >= 15 is 0 Å². The van der Waals surface area contributed by atoms with Gasteiger partial charge in [0, 0.05) is 6.07 Å². The number of nitrogens with zero attached hydrogens (tertiary/aromatic N) is 1. The molecule has 5 heteroatoms. The molecule has 1 aromatic heterocycles. The molecular formula is C13H11ClFNO2. The van der Waals surface area contributed by atoms with E-state index in [1.54, 1.807) is 7.11 Å². The lowest BCUT2D eigenvalue weighted by molar-refractivity contribution is 0.303. The number of hydrogen-bond donors (Lipinski definition) is 0. The van der Waals surface area contributed by atoms with Gasteiger partial charge in [0.25, 0.3) is 0 Å². The van der Waals surface area contributed by atoms with Crippen molar-refractivity contribution in [1.82, 2.24) is 4.98 Å². The summed E-state index contributed by atoms with van der Waals surface area (Å²) >= 11 is 5.60. The van der Waals surface area contributed by atoms with E-state index in [4.69, 9.17) is 21.1 Å². The minimum Gasteiger partial charge on any atom is -0.497 e. The Labute approximate surface area is 109 Å². The van der Waals surface area contributed by atoms with Gasteiger partial charge in [0.2, 0.25) is 5.95 Å². The summed E-state index contributed by atoms with van der Waals surface area (Å²) < 4.78 is 23.3. The number of hydrogen-bond acceptors (Lipinski definition) is 3. The molecule has 0 atom stereocenters. The average Bonchev–Trinajstić information content (AvgIpc) is 2.41. The lowest BCUT2D eigenvalue weighted by Gasteiger charge is -2.07. The van der Waals surface area contributed by atoms with Crippen LogP contribution in [0.5, 0.6) is 11.5 Å². The predicted molar refractivity (Wildman–Crippen MR) is 66.5 cm³/mol. The summed E-state index contributed by atoms with van der Waals surface area (Å²) in [4.78, 5) is 3.47. The van der Waals surface area contributed by atoms with Crippen molar-refractivity contribution in [3.63, 3.8) is 0 Å². The Bertz CT molecular complexity index is 531. The lowest BCUT2D eigenvalue weighted by Crippen LogP contribution is -1.97. The number of pyridine rings is 1. The van der Waals surface area contributed by atoms with Crippen molar-refractivity contribution < 1.29 is 13.9 Å². The molecule has 0 N–H and O–H groups in total. The Balaban J connectivity index is 1.99. The molecule has 0 aliphatic heterocycles. The molecule has 0 aliphatic carbocycles. The monoisotopic (exact) mass is 267 g/mol. The number of ether oxygens (including phenoxy) is 2. The SMILES string of the molecule is COc1ccc(COc2cnc(F)c(Cl)c2)cc1. The van der Waals surface area contributed by atoms with Gasteiger partial charge in [0.15, 0.2) is 0 Å². The Morgan fingerprint density at radius 3 is 2.56 bits per heavy atom. The fourth-order valence-corrected chi connectivity index (χ4v) is 1.53. The quantitative estimate of drug-likeness (QED) is 0.795. The summed E-state index contributed by atoms with van der Waals surface area (Å²) in [5, 5.41) is -0.0535. The van der Waals surface area contributed by atoms with E-state index in [0.29, 0.717) is 12.4 Å². The van der Waals surface area contributed by atoms with Crippen molar-refractivity contribution >= 4 is 11.6 Å². The number of rotatable bonds is 4. The zero-order valence-electron chi connectivity index (χ0n) is 9.69. The van der Waals surface area contributed by atoms with Gasteiger partial charge in [-0.2, -0.15) is 4.39 Å². The Morgan fingerprint density at radius 2 is 1.94 bits per heavy atom. The Hall–Kier alpha value is -1.81. The molecule has 18 heavy (non-hydrogen) atoms. The van der Waals surface area contributed by atoms with Crippen LogP contribution in [-0.4, -0.2) is 12.1 Å². The number of benzene rings is 1. The minimum atomic E-state index is -0.700. The van der Waals surface area contributed by atoms with Gasteiger partial charge in [-0.15, -0.1) is 0 Å². The van der Waals surface area contributed by atoms with E-state index in [0.717, 1.165) is 11.3 Å². The van der Waals surface area contributed by atoms with Gasteiger partial charge in [-0.1, -0.05) is 23.7 Å². The molecule has 0 bridgehead atoms. The molecule has 0 spiro atoms. The van der Waals surface area contributed by atoms with Crippen LogP contribution in [0, 0.1) is 5.95 Å². The van der Waals surface area contributed by atoms with Crippen molar-refractivity contribution in [2.75, 3.05) is 7.11 Å². The van der Waals surface area contributed by atoms with Crippen molar-refractivity contribution in [3.8, 4) is 11.5 Å². The fraction of sp³-hybridized carbons (Fsp3) is 0.154. The highest BCUT2D eigenvalue weighted by Gasteiger charge is 2.03. The predicted octanol–water partition coefficient (Wildman–Crippen LogP) is 3.46. The van der Waals surface area contributed by atoms with Gasteiger partial charge >= 0.3 is 0 Å². The van der Waals surface area contributed by atoms with Crippen LogP contribution < -0.4 is 9.47 Å². The first-order chi connectivity index (χ1) is 8.69. The average molecular weight is 268 g/mol. The van der Waals surface area contributed by atoms with Crippen molar-refractivity contribution in [2.45, 2.75) is 6.61 Å². The number of aromatic nitrogens is 1. The molecule has 0 radical (unpaired) electrons. The molecule has 2 rings (SSSR count). The van der Waals surface area contributed by atoms with Crippen molar-refractivity contribution in [2.24, 2.45) is 0 Å². The zero-order valence-corrected chi connectivity index (χ0v) is 10.4. The summed E-state index contributed by atoms with van der Waals surface area (Å²) in [7, 11) is 1.61. The van der Waals surface area contributed by atoms with E-state index in [1.807, 2.05) is 24.3 Å². The second kappa shape index (κ2) is 5.69. The Kier molecular flexibility index (Phi) is 3.99. The molecule has 2 aromatic rings. The van der Waals surface area contributed by atoms with E-state index in [1.165, 1.54) is 12.3 Å². The lowest BCUT2D eigenvalue weighted by atomic mass is 10.2. The molecule has 1 aromatic carbocycles. The van der Waals surface area contributed by atoms with Gasteiger partial charge in [0.1, 0.15) is 18.1 Å². The van der Waals surface area contributed by atoms with E-state index < -0.39 is 5.95 Å². The smallest absolute Gasteiger partial charge is 0.231 e. The molecule has 0 saturated carbocycles. The molecule has 0 saturated heterocycles. The van der Waals surface area contributed by atoms with E-state index in [2.05, 4.69) is 4.98 Å². The van der Waals surface area contributed by atoms with Gasteiger partial charge in [-0.05, 0) is 17.7 Å². The van der Waals surface area contributed by atoms with E-state index in [9.17, 15) is 4.39 Å². The molecule has 0 unspecified atom stereocenters. The normalized spacial score (nSPS) is 10.2. The minimum absolute atomic E-state index is 0.0535. The Morgan fingerprint density at radius 1 is 1.22 bits per heavy atom. The first-order valence-electron chi connectivity index (χ1n) is 5.26. The second-order valence-electron chi connectivity index (χ2n) is 3.58. The van der Waals surface area contributed by atoms with Gasteiger partial charge in [-0.25, -0.2) is 4.98 Å². The van der Waals surface area contributed by atoms with Crippen molar-refractivity contribution in [1.29, 1.82) is 0 Å². The molecule has 0 aliphatic rings. The van der Waals surface area contributed by atoms with Crippen LogP contribution in [0.4, 0.5) is 4.39 Å². The molecule has 94 valence electrons. The maximum Gasteiger partial charge on any atom is 0.231 e. The third-order valence-electron chi connectivity index (χ3n) is 2.34. The van der Waals surface area contributed by atoms with Crippen LogP contribution in [0.2, 0.25) is 5.02 Å². The summed E-state index contributed by atoms with van der Waals surface area (Å²) in [6.45, 7) is 0.355. The molecule has 1 heterocycles. The van der Waals surface area contributed by atoms with Gasteiger partial charge < -0.3 is 9.47 Å². The highest BCUT2D eigenvalue weighted by molar-refractivity contribution is 6.30. The first-order valence-corrected chi connectivity index (χ1v) is 5.63. The summed E-state index contributed by atoms with van der Waals surface area (Å²) in [6.07, 6.45) is 1.30. The van der Waals surface area contributed by atoms with Gasteiger partial charge in [0.05, 0.1) is 18.3 Å². The van der Waals surface area contributed by atoms with E-state index in [-0.39, 0.29) is 5.02 Å². The largest absolute Gasteiger partial charge is 0.497 e. The number of halogens is 2. The molecule has 3 nitrogen and oxygen atoms in total. The van der Waals surface area contributed by atoms with Crippen LogP contribution in [0.1, 0.15) is 5.56 Å². The summed E-state index contributed by atoms with van der Waals surface area (Å²) in [5.74, 6) is 0.510. The third kappa shape index (κ3) is 3.11. The van der Waals surface area contributed by atoms with Crippen LogP contribution in [-0.2, 0) is 6.61 Å². The highest BCUT2D eigenvalue weighted by atomic mass is 35.5. The van der Waals surface area contributed by atoms with Gasteiger partial charge in [-0.3, -0.25) is 0 Å². The van der Waals surface area contributed by atoms with Crippen LogP contribution >= 0.6 is 11.6 Å². The van der Waals surface area contributed by atoms with Crippen LogP contribution in [0.3, 0.4) is 0 Å². The van der Waals surface area contributed by atoms with Crippen LogP contribution in [0.15, 0.2) is 36.5 Å². The molecule has 0 fully saturated rings. The molecular weight excluding hydrogens is 257 g/mol. The maximum absolute atomic E-state index is 12.8. The highest BCUT2D eigenvalue weighted by Crippen LogP contribution is 2.20. The first kappa shape index (κ1) is 12.6. The third-order valence-corrected chi connectivity index (χ3v) is 2.60.